The molecule has 0 saturated carbocycles. The summed E-state index contributed by atoms with van der Waals surface area (Å²) in [5.41, 5.74) is 2.71. The molecule has 2 N–H and O–H groups in total. The van der Waals surface area contributed by atoms with Crippen LogP contribution in [0.2, 0.25) is 0 Å². The van der Waals surface area contributed by atoms with Gasteiger partial charge in [0.1, 0.15) is 0 Å². The Morgan fingerprint density at radius 3 is 2.65 bits per heavy atom. The van der Waals surface area contributed by atoms with Crippen molar-refractivity contribution in [1.29, 1.82) is 0 Å². The molecule has 0 atom stereocenters. The third-order valence-electron chi connectivity index (χ3n) is 3.53. The predicted molar refractivity (Wildman–Crippen MR) is 99.6 cm³/mol. The molecule has 0 spiro atoms. The molecule has 0 aliphatic rings. The van der Waals surface area contributed by atoms with Crippen LogP contribution in [-0.2, 0) is 0 Å². The SMILES string of the molecule is O=C(NC(=S)Nc1ccc(-c2nc3ncccc3o2)cc1)c1ccco1. The van der Waals surface area contributed by atoms with E-state index >= 15 is 0 Å². The van der Waals surface area contributed by atoms with Crippen LogP contribution in [0.3, 0.4) is 0 Å². The topological polar surface area (TPSA) is 93.2 Å². The van der Waals surface area contributed by atoms with Gasteiger partial charge in [-0.3, -0.25) is 10.1 Å². The Bertz CT molecular complexity index is 1040. The lowest BCUT2D eigenvalue weighted by Crippen LogP contribution is -2.33. The Morgan fingerprint density at radius 1 is 1.08 bits per heavy atom. The molecule has 0 radical (unpaired) electrons. The van der Waals surface area contributed by atoms with Crippen LogP contribution in [0.15, 0.2) is 69.8 Å². The minimum absolute atomic E-state index is 0.171. The maximum absolute atomic E-state index is 11.9. The molecule has 128 valence electrons. The van der Waals surface area contributed by atoms with Gasteiger partial charge >= 0.3 is 0 Å². The zero-order valence-electron chi connectivity index (χ0n) is 13.3. The van der Waals surface area contributed by atoms with E-state index in [1.165, 1.54) is 6.26 Å². The lowest BCUT2D eigenvalue weighted by atomic mass is 10.2. The number of thiocarbonyl (C=S) groups is 1. The molecule has 0 fully saturated rings. The average molecular weight is 364 g/mol. The summed E-state index contributed by atoms with van der Waals surface area (Å²) in [7, 11) is 0. The summed E-state index contributed by atoms with van der Waals surface area (Å²) in [4.78, 5) is 20.4. The summed E-state index contributed by atoms with van der Waals surface area (Å²) >= 11 is 5.13. The van der Waals surface area contributed by atoms with Crippen LogP contribution in [0, 0.1) is 0 Å². The highest BCUT2D eigenvalue weighted by Crippen LogP contribution is 2.24. The van der Waals surface area contributed by atoms with Gasteiger partial charge in [0.05, 0.1) is 6.26 Å². The van der Waals surface area contributed by atoms with E-state index in [0.717, 1.165) is 5.56 Å². The number of carbonyl (C=O) groups is 1. The fourth-order valence-electron chi connectivity index (χ4n) is 2.32. The van der Waals surface area contributed by atoms with Gasteiger partial charge in [0, 0.05) is 17.4 Å². The molecule has 3 heterocycles. The van der Waals surface area contributed by atoms with Crippen molar-refractivity contribution in [3.8, 4) is 11.5 Å². The maximum Gasteiger partial charge on any atom is 0.293 e. The van der Waals surface area contributed by atoms with Gasteiger partial charge in [0.15, 0.2) is 22.1 Å². The molecule has 4 rings (SSSR count). The second-order valence-electron chi connectivity index (χ2n) is 5.31. The first kappa shape index (κ1) is 16.0. The van der Waals surface area contributed by atoms with E-state index in [4.69, 9.17) is 21.1 Å². The molecule has 0 bridgehead atoms. The van der Waals surface area contributed by atoms with E-state index in [0.29, 0.717) is 22.8 Å². The highest BCUT2D eigenvalue weighted by Gasteiger charge is 2.11. The minimum Gasteiger partial charge on any atom is -0.459 e. The number of pyridine rings is 1. The van der Waals surface area contributed by atoms with E-state index < -0.39 is 5.91 Å². The number of fused-ring (bicyclic) bond motifs is 1. The molecular formula is C18H12N4O3S. The van der Waals surface area contributed by atoms with Gasteiger partial charge in [-0.15, -0.1) is 0 Å². The van der Waals surface area contributed by atoms with Gasteiger partial charge in [-0.05, 0) is 60.7 Å². The Hall–Kier alpha value is -3.52. The van der Waals surface area contributed by atoms with Crippen molar-refractivity contribution in [2.75, 3.05) is 5.32 Å². The van der Waals surface area contributed by atoms with Gasteiger partial charge < -0.3 is 14.2 Å². The van der Waals surface area contributed by atoms with E-state index in [9.17, 15) is 4.79 Å². The molecular weight excluding hydrogens is 352 g/mol. The molecule has 26 heavy (non-hydrogen) atoms. The number of oxazole rings is 1. The number of furan rings is 1. The van der Waals surface area contributed by atoms with E-state index in [-0.39, 0.29) is 10.9 Å². The summed E-state index contributed by atoms with van der Waals surface area (Å²) in [5, 5.41) is 5.65. The van der Waals surface area contributed by atoms with Crippen LogP contribution < -0.4 is 10.6 Å². The van der Waals surface area contributed by atoms with Crippen molar-refractivity contribution in [3.63, 3.8) is 0 Å². The van der Waals surface area contributed by atoms with E-state index in [2.05, 4.69) is 20.6 Å². The number of carbonyl (C=O) groups excluding carboxylic acids is 1. The number of amides is 1. The second kappa shape index (κ2) is 6.77. The number of hydrogen-bond acceptors (Lipinski definition) is 6. The second-order valence-corrected chi connectivity index (χ2v) is 5.72. The highest BCUT2D eigenvalue weighted by molar-refractivity contribution is 7.80. The Labute approximate surface area is 153 Å². The molecule has 0 aliphatic heterocycles. The Kier molecular flexibility index (Phi) is 4.16. The normalized spacial score (nSPS) is 10.6. The van der Waals surface area contributed by atoms with Gasteiger partial charge in [0.2, 0.25) is 5.89 Å². The fourth-order valence-corrected chi connectivity index (χ4v) is 2.53. The lowest BCUT2D eigenvalue weighted by molar-refractivity contribution is 0.0950. The fraction of sp³-hybridized carbons (Fsp3) is 0. The molecule has 1 aromatic carbocycles. The standard InChI is InChI=1S/C18H12N4O3S/c23-16(14-4-2-10-24-14)22-18(26)20-12-7-5-11(6-8-12)17-21-15-13(25-17)3-1-9-19-15/h1-10H,(H2,20,22,23,26). The monoisotopic (exact) mass is 364 g/mol. The molecule has 0 unspecified atom stereocenters. The van der Waals surface area contributed by atoms with Crippen molar-refractivity contribution in [1.82, 2.24) is 15.3 Å². The van der Waals surface area contributed by atoms with E-state index in [1.54, 1.807) is 24.4 Å². The quantitative estimate of drug-likeness (QED) is 0.536. The van der Waals surface area contributed by atoms with Gasteiger partial charge in [-0.25, -0.2) is 4.98 Å². The van der Waals surface area contributed by atoms with Crippen molar-refractivity contribution < 1.29 is 13.6 Å². The summed E-state index contributed by atoms with van der Waals surface area (Å²) in [5.74, 6) is 0.260. The molecule has 3 aromatic heterocycles. The first-order chi connectivity index (χ1) is 12.7. The maximum atomic E-state index is 11.9. The van der Waals surface area contributed by atoms with Crippen LogP contribution in [0.4, 0.5) is 5.69 Å². The molecule has 8 heteroatoms. The Morgan fingerprint density at radius 2 is 1.92 bits per heavy atom. The Balaban J connectivity index is 1.44. The van der Waals surface area contributed by atoms with Crippen molar-refractivity contribution >= 4 is 40.2 Å². The summed E-state index contributed by atoms with van der Waals surface area (Å²) < 4.78 is 10.7. The molecule has 0 aliphatic carbocycles. The molecule has 4 aromatic rings. The first-order valence-electron chi connectivity index (χ1n) is 7.67. The van der Waals surface area contributed by atoms with Crippen molar-refractivity contribution in [2.24, 2.45) is 0 Å². The smallest absolute Gasteiger partial charge is 0.293 e. The number of benzene rings is 1. The number of hydrogen-bond donors (Lipinski definition) is 2. The number of nitrogens with zero attached hydrogens (tertiary/aromatic N) is 2. The highest BCUT2D eigenvalue weighted by atomic mass is 32.1. The third-order valence-corrected chi connectivity index (χ3v) is 3.73. The molecule has 1 amide bonds. The number of nitrogens with one attached hydrogen (secondary N) is 2. The summed E-state index contributed by atoms with van der Waals surface area (Å²) in [6.45, 7) is 0. The van der Waals surface area contributed by atoms with Gasteiger partial charge in [-0.1, -0.05) is 0 Å². The summed E-state index contributed by atoms with van der Waals surface area (Å²) in [6, 6.07) is 14.1. The largest absolute Gasteiger partial charge is 0.459 e. The van der Waals surface area contributed by atoms with Crippen molar-refractivity contribution in [2.45, 2.75) is 0 Å². The van der Waals surface area contributed by atoms with Gasteiger partial charge in [-0.2, -0.15) is 4.98 Å². The van der Waals surface area contributed by atoms with Crippen LogP contribution >= 0.6 is 12.2 Å². The van der Waals surface area contributed by atoms with Gasteiger partial charge in [0.25, 0.3) is 5.91 Å². The number of aromatic nitrogens is 2. The first-order valence-corrected chi connectivity index (χ1v) is 8.08. The van der Waals surface area contributed by atoms with Crippen LogP contribution in [0.25, 0.3) is 22.7 Å². The van der Waals surface area contributed by atoms with Crippen LogP contribution in [0.5, 0.6) is 0 Å². The average Bonchev–Trinajstić information content (AvgIpc) is 3.32. The van der Waals surface area contributed by atoms with Crippen molar-refractivity contribution in [3.05, 3.63) is 66.8 Å². The zero-order valence-corrected chi connectivity index (χ0v) is 14.1. The third kappa shape index (κ3) is 3.31. The lowest BCUT2D eigenvalue weighted by Gasteiger charge is -2.08. The van der Waals surface area contributed by atoms with Crippen LogP contribution in [0.1, 0.15) is 10.6 Å². The number of anilines is 1. The minimum atomic E-state index is -0.414. The van der Waals surface area contributed by atoms with Crippen LogP contribution in [-0.4, -0.2) is 21.0 Å². The predicted octanol–water partition coefficient (Wildman–Crippen LogP) is 3.61. The summed E-state index contributed by atoms with van der Waals surface area (Å²) in [6.07, 6.45) is 3.09. The zero-order chi connectivity index (χ0) is 17.9. The molecule has 7 nitrogen and oxygen atoms in total. The number of rotatable bonds is 3. The van der Waals surface area contributed by atoms with E-state index in [1.807, 2.05) is 30.3 Å². The molecule has 0 saturated heterocycles.